The zero-order valence-electron chi connectivity index (χ0n) is 14.2. The molecule has 5 nitrogen and oxygen atoms in total. The van der Waals surface area contributed by atoms with Crippen molar-refractivity contribution in [3.05, 3.63) is 34.5 Å². The first kappa shape index (κ1) is 15.8. The van der Waals surface area contributed by atoms with E-state index >= 15 is 0 Å². The van der Waals surface area contributed by atoms with Gasteiger partial charge in [-0.15, -0.1) is 0 Å². The van der Waals surface area contributed by atoms with Crippen LogP contribution < -0.4 is 10.1 Å². The number of nitrogens with zero attached hydrogens (tertiary/aromatic N) is 3. The van der Waals surface area contributed by atoms with E-state index in [0.717, 1.165) is 43.3 Å². The van der Waals surface area contributed by atoms with E-state index in [1.807, 2.05) is 22.9 Å². The van der Waals surface area contributed by atoms with Gasteiger partial charge in [0.05, 0.1) is 12.8 Å². The van der Waals surface area contributed by atoms with Crippen LogP contribution in [-0.2, 0) is 6.42 Å². The van der Waals surface area contributed by atoms with Crippen molar-refractivity contribution in [2.75, 3.05) is 39.1 Å². The fraction of sp³-hybridized carbons (Fsp3) is 0.500. The molecule has 24 heavy (non-hydrogen) atoms. The van der Waals surface area contributed by atoms with Crippen molar-refractivity contribution in [2.45, 2.75) is 25.2 Å². The summed E-state index contributed by atoms with van der Waals surface area (Å²) in [5, 5.41) is 9.18. The maximum atomic E-state index is 6.22. The summed E-state index contributed by atoms with van der Waals surface area (Å²) in [7, 11) is 3.87. The molecule has 1 N–H and O–H groups in total. The van der Waals surface area contributed by atoms with Gasteiger partial charge in [0, 0.05) is 23.0 Å². The lowest BCUT2D eigenvalue weighted by Gasteiger charge is -2.28. The van der Waals surface area contributed by atoms with E-state index < -0.39 is 0 Å². The second-order valence-corrected chi connectivity index (χ2v) is 7.13. The number of likely N-dealkylation sites (tertiary alicyclic amines) is 1. The van der Waals surface area contributed by atoms with Crippen molar-refractivity contribution in [3.8, 4) is 11.4 Å². The summed E-state index contributed by atoms with van der Waals surface area (Å²) in [5.41, 5.74) is 3.52. The highest BCUT2D eigenvalue weighted by atomic mass is 35.5. The highest BCUT2D eigenvalue weighted by Gasteiger charge is 2.30. The summed E-state index contributed by atoms with van der Waals surface area (Å²) in [4.78, 5) is 2.39. The number of hydrogen-bond acceptors (Lipinski definition) is 4. The van der Waals surface area contributed by atoms with E-state index in [1.54, 1.807) is 7.11 Å². The molecule has 2 aliphatic rings. The monoisotopic (exact) mass is 346 g/mol. The van der Waals surface area contributed by atoms with Crippen LogP contribution >= 0.6 is 11.6 Å². The molecule has 0 atom stereocenters. The third-order valence-corrected chi connectivity index (χ3v) is 5.39. The minimum atomic E-state index is 0.543. The highest BCUT2D eigenvalue weighted by molar-refractivity contribution is 6.30. The SMILES string of the molecule is COc1ccc(Cl)cc1-n1nc(C2CCN(C)CC2)c2c1NCC2. The first-order valence-corrected chi connectivity index (χ1v) is 8.93. The second kappa shape index (κ2) is 6.30. The van der Waals surface area contributed by atoms with Gasteiger partial charge in [-0.1, -0.05) is 11.6 Å². The Labute approximate surface area is 147 Å². The standard InChI is InChI=1S/C18H23ClN4O/c1-22-9-6-12(7-10-22)17-14-5-8-20-18(14)23(21-17)15-11-13(19)3-4-16(15)24-2/h3-4,11-12,20H,5-10H2,1-2H3. The molecule has 1 aromatic heterocycles. The van der Waals surface area contributed by atoms with Gasteiger partial charge in [-0.2, -0.15) is 5.10 Å². The molecular weight excluding hydrogens is 324 g/mol. The van der Waals surface area contributed by atoms with Gasteiger partial charge in [0.1, 0.15) is 17.3 Å². The van der Waals surface area contributed by atoms with E-state index in [2.05, 4.69) is 17.3 Å². The van der Waals surface area contributed by atoms with Crippen LogP contribution in [-0.4, -0.2) is 48.5 Å². The minimum Gasteiger partial charge on any atom is -0.494 e. The molecule has 0 bridgehead atoms. The van der Waals surface area contributed by atoms with Crippen molar-refractivity contribution >= 4 is 17.4 Å². The molecule has 4 rings (SSSR count). The Morgan fingerprint density at radius 3 is 2.83 bits per heavy atom. The van der Waals surface area contributed by atoms with Crippen molar-refractivity contribution < 1.29 is 4.74 Å². The molecule has 1 aromatic carbocycles. The lowest BCUT2D eigenvalue weighted by molar-refractivity contribution is 0.252. The number of ether oxygens (including phenoxy) is 1. The van der Waals surface area contributed by atoms with Gasteiger partial charge in [0.15, 0.2) is 0 Å². The van der Waals surface area contributed by atoms with E-state index in [1.165, 1.54) is 24.1 Å². The fourth-order valence-corrected chi connectivity index (χ4v) is 3.98. The zero-order valence-corrected chi connectivity index (χ0v) is 14.9. The van der Waals surface area contributed by atoms with Crippen LogP contribution in [0, 0.1) is 0 Å². The van der Waals surface area contributed by atoms with Gasteiger partial charge in [0.2, 0.25) is 0 Å². The van der Waals surface area contributed by atoms with E-state index in [-0.39, 0.29) is 0 Å². The van der Waals surface area contributed by atoms with Crippen LogP contribution in [0.3, 0.4) is 0 Å². The summed E-state index contributed by atoms with van der Waals surface area (Å²) < 4.78 is 7.52. The minimum absolute atomic E-state index is 0.543. The van der Waals surface area contributed by atoms with Crippen molar-refractivity contribution in [2.24, 2.45) is 0 Å². The topological polar surface area (TPSA) is 42.3 Å². The third-order valence-electron chi connectivity index (χ3n) is 5.16. The average molecular weight is 347 g/mol. The molecule has 2 aromatic rings. The number of fused-ring (bicyclic) bond motifs is 1. The molecule has 3 heterocycles. The molecule has 0 unspecified atom stereocenters. The molecule has 128 valence electrons. The number of methoxy groups -OCH3 is 1. The quantitative estimate of drug-likeness (QED) is 0.925. The maximum Gasteiger partial charge on any atom is 0.144 e. The van der Waals surface area contributed by atoms with Gasteiger partial charge in [-0.05, 0) is 57.6 Å². The number of hydrogen-bond donors (Lipinski definition) is 1. The average Bonchev–Trinajstić information content (AvgIpc) is 3.18. The summed E-state index contributed by atoms with van der Waals surface area (Å²) in [6, 6.07) is 5.67. The Balaban J connectivity index is 1.78. The largest absolute Gasteiger partial charge is 0.494 e. The first-order valence-electron chi connectivity index (χ1n) is 8.55. The van der Waals surface area contributed by atoms with Gasteiger partial charge in [0.25, 0.3) is 0 Å². The third kappa shape index (κ3) is 2.66. The molecule has 0 aliphatic carbocycles. The molecule has 2 aliphatic heterocycles. The lowest BCUT2D eigenvalue weighted by atomic mass is 9.91. The zero-order chi connectivity index (χ0) is 16.7. The number of aromatic nitrogens is 2. The van der Waals surface area contributed by atoms with Gasteiger partial charge in [-0.3, -0.25) is 0 Å². The molecule has 0 amide bonds. The highest BCUT2D eigenvalue weighted by Crippen LogP contribution is 2.38. The Morgan fingerprint density at radius 1 is 1.29 bits per heavy atom. The second-order valence-electron chi connectivity index (χ2n) is 6.69. The Hall–Kier alpha value is -1.72. The Bertz CT molecular complexity index is 750. The van der Waals surface area contributed by atoms with Crippen LogP contribution in [0.25, 0.3) is 5.69 Å². The molecule has 0 radical (unpaired) electrons. The van der Waals surface area contributed by atoms with Crippen LogP contribution in [0.2, 0.25) is 5.02 Å². The smallest absolute Gasteiger partial charge is 0.144 e. The Kier molecular flexibility index (Phi) is 4.14. The van der Waals surface area contributed by atoms with Crippen molar-refractivity contribution in [1.82, 2.24) is 14.7 Å². The fourth-order valence-electron chi connectivity index (χ4n) is 3.81. The number of benzene rings is 1. The molecule has 1 fully saturated rings. The predicted molar refractivity (Wildman–Crippen MR) is 96.8 cm³/mol. The molecular formula is C18H23ClN4O. The normalized spacial score (nSPS) is 18.5. The molecule has 0 saturated carbocycles. The van der Waals surface area contributed by atoms with E-state index in [9.17, 15) is 0 Å². The summed E-state index contributed by atoms with van der Waals surface area (Å²) in [6.45, 7) is 3.25. The van der Waals surface area contributed by atoms with Crippen LogP contribution in [0.1, 0.15) is 30.0 Å². The number of piperidine rings is 1. The molecule has 0 spiro atoms. The lowest BCUT2D eigenvalue weighted by Crippen LogP contribution is -2.29. The predicted octanol–water partition coefficient (Wildman–Crippen LogP) is 3.31. The van der Waals surface area contributed by atoms with Crippen LogP contribution in [0.5, 0.6) is 5.75 Å². The van der Waals surface area contributed by atoms with Gasteiger partial charge in [-0.25, -0.2) is 4.68 Å². The number of nitrogens with one attached hydrogen (secondary N) is 1. The van der Waals surface area contributed by atoms with Gasteiger partial charge >= 0.3 is 0 Å². The number of rotatable bonds is 3. The number of anilines is 1. The van der Waals surface area contributed by atoms with E-state index in [0.29, 0.717) is 10.9 Å². The molecule has 1 saturated heterocycles. The van der Waals surface area contributed by atoms with Crippen molar-refractivity contribution in [3.63, 3.8) is 0 Å². The summed E-state index contributed by atoms with van der Waals surface area (Å²) in [5.74, 6) is 2.43. The van der Waals surface area contributed by atoms with Crippen LogP contribution in [0.4, 0.5) is 5.82 Å². The number of halogens is 1. The van der Waals surface area contributed by atoms with Crippen molar-refractivity contribution in [1.29, 1.82) is 0 Å². The van der Waals surface area contributed by atoms with E-state index in [4.69, 9.17) is 21.4 Å². The van der Waals surface area contributed by atoms with Gasteiger partial charge < -0.3 is 15.0 Å². The molecule has 6 heteroatoms. The Morgan fingerprint density at radius 2 is 2.08 bits per heavy atom. The summed E-state index contributed by atoms with van der Waals surface area (Å²) >= 11 is 6.22. The maximum absolute atomic E-state index is 6.22. The summed E-state index contributed by atoms with van der Waals surface area (Å²) in [6.07, 6.45) is 3.39. The first-order chi connectivity index (χ1) is 11.7. The van der Waals surface area contributed by atoms with Crippen LogP contribution in [0.15, 0.2) is 18.2 Å².